The van der Waals surface area contributed by atoms with Crippen molar-refractivity contribution in [2.45, 2.75) is 12.5 Å². The predicted octanol–water partition coefficient (Wildman–Crippen LogP) is 1.64. The number of hydrogen-bond donors (Lipinski definition) is 1. The largest absolute Gasteiger partial charge is 0.313 e. The summed E-state index contributed by atoms with van der Waals surface area (Å²) in [5, 5.41) is 14.2. The summed E-state index contributed by atoms with van der Waals surface area (Å²) in [7, 11) is 3.28. The highest BCUT2D eigenvalue weighted by molar-refractivity contribution is 6.30. The summed E-state index contributed by atoms with van der Waals surface area (Å²) in [5.41, 5.74) is 0.178. The number of nitrogens with zero attached hydrogens (tertiary/aromatic N) is 4. The van der Waals surface area contributed by atoms with Crippen molar-refractivity contribution in [2.24, 2.45) is 7.05 Å². The van der Waals surface area contributed by atoms with Crippen LogP contribution < -0.4 is 5.32 Å². The van der Waals surface area contributed by atoms with Gasteiger partial charge >= 0.3 is 0 Å². The van der Waals surface area contributed by atoms with Gasteiger partial charge in [0, 0.05) is 18.0 Å². The van der Waals surface area contributed by atoms with E-state index >= 15 is 0 Å². The lowest BCUT2D eigenvalue weighted by Crippen LogP contribution is -2.21. The zero-order valence-electron chi connectivity index (χ0n) is 10.4. The molecule has 2 rings (SSSR count). The molecular weight excluding hydrogens is 276 g/mol. The van der Waals surface area contributed by atoms with Crippen LogP contribution in [0.15, 0.2) is 12.1 Å². The highest BCUT2D eigenvalue weighted by Gasteiger charge is 2.19. The van der Waals surface area contributed by atoms with E-state index in [-0.39, 0.29) is 10.6 Å². The Morgan fingerprint density at radius 2 is 2.11 bits per heavy atom. The Hall–Kier alpha value is -1.60. The van der Waals surface area contributed by atoms with Crippen LogP contribution in [-0.4, -0.2) is 27.3 Å². The molecule has 8 heteroatoms. The Labute approximate surface area is 113 Å². The van der Waals surface area contributed by atoms with Crippen molar-refractivity contribution in [3.8, 4) is 0 Å². The van der Waals surface area contributed by atoms with Gasteiger partial charge in [0.1, 0.15) is 11.6 Å². The minimum atomic E-state index is -0.662. The number of hydrogen-bond acceptors (Lipinski definition) is 4. The van der Waals surface area contributed by atoms with Crippen LogP contribution in [-0.2, 0) is 13.5 Å². The Kier molecular flexibility index (Phi) is 4.06. The summed E-state index contributed by atoms with van der Waals surface area (Å²) in [6, 6.07) is 1.58. The summed E-state index contributed by atoms with van der Waals surface area (Å²) in [6.07, 6.45) is 0.294. The Bertz CT molecular complexity index is 586. The van der Waals surface area contributed by atoms with Crippen molar-refractivity contribution in [1.82, 2.24) is 25.5 Å². The van der Waals surface area contributed by atoms with E-state index in [1.807, 2.05) is 0 Å². The van der Waals surface area contributed by atoms with Crippen molar-refractivity contribution < 1.29 is 8.78 Å². The molecule has 2 aromatic rings. The standard InChI is InChI=1S/C11H12ClF2N5/c1-15-10(5-11-16-18-19(2)17-11)6-3-9(14)7(12)4-8(6)13/h3-4,10,15H,5H2,1-2H3. The molecule has 1 heterocycles. The first-order chi connectivity index (χ1) is 9.01. The second-order valence-electron chi connectivity index (χ2n) is 4.03. The van der Waals surface area contributed by atoms with Crippen molar-refractivity contribution in [3.63, 3.8) is 0 Å². The highest BCUT2D eigenvalue weighted by atomic mass is 35.5. The summed E-state index contributed by atoms with van der Waals surface area (Å²) in [6.45, 7) is 0. The molecule has 0 fully saturated rings. The van der Waals surface area contributed by atoms with E-state index in [2.05, 4.69) is 20.7 Å². The second kappa shape index (κ2) is 5.58. The van der Waals surface area contributed by atoms with Crippen LogP contribution in [0, 0.1) is 11.6 Å². The number of aromatic nitrogens is 4. The van der Waals surface area contributed by atoms with Gasteiger partial charge in [-0.05, 0) is 24.4 Å². The zero-order valence-corrected chi connectivity index (χ0v) is 11.1. The molecular formula is C11H12ClF2N5. The first-order valence-corrected chi connectivity index (χ1v) is 5.93. The Morgan fingerprint density at radius 3 is 2.68 bits per heavy atom. The van der Waals surface area contributed by atoms with Gasteiger partial charge in [0.2, 0.25) is 0 Å². The quantitative estimate of drug-likeness (QED) is 0.869. The minimum absolute atomic E-state index is 0.178. The lowest BCUT2D eigenvalue weighted by Gasteiger charge is -2.16. The number of likely N-dealkylation sites (N-methyl/N-ethyl adjacent to an activating group) is 1. The van der Waals surface area contributed by atoms with Gasteiger partial charge in [0.25, 0.3) is 0 Å². The van der Waals surface area contributed by atoms with E-state index in [4.69, 9.17) is 11.6 Å². The molecule has 0 bridgehead atoms. The normalized spacial score (nSPS) is 12.7. The van der Waals surface area contributed by atoms with Crippen LogP contribution in [0.3, 0.4) is 0 Å². The summed E-state index contributed by atoms with van der Waals surface area (Å²) >= 11 is 5.52. The van der Waals surface area contributed by atoms with Crippen LogP contribution in [0.4, 0.5) is 8.78 Å². The summed E-state index contributed by atoms with van der Waals surface area (Å²) in [5.74, 6) is -0.795. The number of tetrazole rings is 1. The number of halogens is 3. The fourth-order valence-electron chi connectivity index (χ4n) is 1.76. The van der Waals surface area contributed by atoms with Gasteiger partial charge in [-0.25, -0.2) is 8.78 Å². The maximum atomic E-state index is 13.8. The number of benzene rings is 1. The molecule has 0 radical (unpaired) electrons. The fraction of sp³-hybridized carbons (Fsp3) is 0.364. The third kappa shape index (κ3) is 3.05. The molecule has 1 aromatic carbocycles. The number of aryl methyl sites for hydroxylation is 1. The van der Waals surface area contributed by atoms with Gasteiger partial charge in [-0.15, -0.1) is 10.2 Å². The SMILES string of the molecule is CNC(Cc1nnn(C)n1)c1cc(F)c(Cl)cc1F. The van der Waals surface area contributed by atoms with Crippen LogP contribution >= 0.6 is 11.6 Å². The smallest absolute Gasteiger partial charge is 0.176 e. The molecule has 0 saturated carbocycles. The molecule has 5 nitrogen and oxygen atoms in total. The van der Waals surface area contributed by atoms with Gasteiger partial charge in [0.05, 0.1) is 12.1 Å². The van der Waals surface area contributed by atoms with E-state index in [0.29, 0.717) is 12.2 Å². The zero-order chi connectivity index (χ0) is 14.0. The molecule has 19 heavy (non-hydrogen) atoms. The lowest BCUT2D eigenvalue weighted by molar-refractivity contribution is 0.514. The van der Waals surface area contributed by atoms with Gasteiger partial charge in [-0.3, -0.25) is 0 Å². The van der Waals surface area contributed by atoms with Crippen LogP contribution in [0.5, 0.6) is 0 Å². The second-order valence-corrected chi connectivity index (χ2v) is 4.44. The Balaban J connectivity index is 2.29. The molecule has 102 valence electrons. The van der Waals surface area contributed by atoms with E-state index in [1.54, 1.807) is 14.1 Å². The third-order valence-electron chi connectivity index (χ3n) is 2.70. The van der Waals surface area contributed by atoms with Gasteiger partial charge in [-0.2, -0.15) is 4.80 Å². The third-order valence-corrected chi connectivity index (χ3v) is 2.99. The molecule has 1 aromatic heterocycles. The monoisotopic (exact) mass is 287 g/mol. The van der Waals surface area contributed by atoms with Crippen molar-refractivity contribution in [3.05, 3.63) is 40.2 Å². The fourth-order valence-corrected chi connectivity index (χ4v) is 1.91. The molecule has 0 amide bonds. The minimum Gasteiger partial charge on any atom is -0.313 e. The Morgan fingerprint density at radius 1 is 1.37 bits per heavy atom. The predicted molar refractivity (Wildman–Crippen MR) is 65.7 cm³/mol. The van der Waals surface area contributed by atoms with Gasteiger partial charge in [0.15, 0.2) is 5.82 Å². The summed E-state index contributed by atoms with van der Waals surface area (Å²) in [4.78, 5) is 1.31. The van der Waals surface area contributed by atoms with Crippen LogP contribution in [0.1, 0.15) is 17.4 Å². The molecule has 1 N–H and O–H groups in total. The van der Waals surface area contributed by atoms with Gasteiger partial charge in [-0.1, -0.05) is 11.6 Å². The first kappa shape index (κ1) is 13.8. The van der Waals surface area contributed by atoms with Crippen molar-refractivity contribution in [2.75, 3.05) is 7.05 Å². The molecule has 0 aliphatic heterocycles. The molecule has 1 atom stereocenters. The molecule has 0 saturated heterocycles. The maximum absolute atomic E-state index is 13.8. The van der Waals surface area contributed by atoms with E-state index in [1.165, 1.54) is 4.80 Å². The van der Waals surface area contributed by atoms with E-state index in [0.717, 1.165) is 12.1 Å². The van der Waals surface area contributed by atoms with Crippen LogP contribution in [0.2, 0.25) is 5.02 Å². The summed E-state index contributed by atoms with van der Waals surface area (Å²) < 4.78 is 27.2. The molecule has 0 aliphatic carbocycles. The van der Waals surface area contributed by atoms with Crippen molar-refractivity contribution >= 4 is 11.6 Å². The molecule has 0 spiro atoms. The highest BCUT2D eigenvalue weighted by Crippen LogP contribution is 2.25. The average molecular weight is 288 g/mol. The number of nitrogens with one attached hydrogen (secondary N) is 1. The van der Waals surface area contributed by atoms with Crippen LogP contribution in [0.25, 0.3) is 0 Å². The van der Waals surface area contributed by atoms with E-state index < -0.39 is 17.7 Å². The first-order valence-electron chi connectivity index (χ1n) is 5.56. The van der Waals surface area contributed by atoms with Crippen molar-refractivity contribution in [1.29, 1.82) is 0 Å². The lowest BCUT2D eigenvalue weighted by atomic mass is 10.0. The van der Waals surface area contributed by atoms with Gasteiger partial charge < -0.3 is 5.32 Å². The molecule has 0 aliphatic rings. The topological polar surface area (TPSA) is 55.6 Å². The maximum Gasteiger partial charge on any atom is 0.176 e. The molecule has 1 unspecified atom stereocenters. The van der Waals surface area contributed by atoms with E-state index in [9.17, 15) is 8.78 Å². The number of rotatable bonds is 4. The average Bonchev–Trinajstić information content (AvgIpc) is 2.77.